The number of oxazole rings is 1. The van der Waals surface area contributed by atoms with Crippen molar-refractivity contribution >= 4 is 23.0 Å². The first kappa shape index (κ1) is 15.7. The molecule has 8 heteroatoms. The molecule has 0 atom stereocenters. The van der Waals surface area contributed by atoms with Gasteiger partial charge in [-0.2, -0.15) is 0 Å². The van der Waals surface area contributed by atoms with Crippen LogP contribution < -0.4 is 9.64 Å². The second kappa shape index (κ2) is 6.53. The summed E-state index contributed by atoms with van der Waals surface area (Å²) in [6.07, 6.45) is 0.174. The zero-order valence-corrected chi connectivity index (χ0v) is 12.8. The van der Waals surface area contributed by atoms with Gasteiger partial charge in [-0.25, -0.2) is 19.2 Å². The Balaban J connectivity index is 1.91. The molecule has 3 aromatic rings. The Labute approximate surface area is 136 Å². The van der Waals surface area contributed by atoms with Crippen LogP contribution in [0.4, 0.5) is 15.0 Å². The number of methoxy groups -OCH3 is 1. The van der Waals surface area contributed by atoms with E-state index in [0.717, 1.165) is 4.90 Å². The second-order valence-electron chi connectivity index (χ2n) is 4.88. The van der Waals surface area contributed by atoms with Gasteiger partial charge in [-0.3, -0.25) is 4.90 Å². The van der Waals surface area contributed by atoms with E-state index in [1.54, 1.807) is 31.4 Å². The third-order valence-electron chi connectivity index (χ3n) is 3.41. The lowest BCUT2D eigenvalue weighted by atomic mass is 10.3. The summed E-state index contributed by atoms with van der Waals surface area (Å²) in [4.78, 5) is 20.3. The van der Waals surface area contributed by atoms with Crippen LogP contribution in [0.5, 0.6) is 5.75 Å². The third kappa shape index (κ3) is 2.98. The van der Waals surface area contributed by atoms with Gasteiger partial charge in [-0.1, -0.05) is 0 Å². The molecule has 0 aliphatic carbocycles. The van der Waals surface area contributed by atoms with Gasteiger partial charge in [0.2, 0.25) is 5.89 Å². The zero-order chi connectivity index (χ0) is 17.1. The van der Waals surface area contributed by atoms with Gasteiger partial charge in [0.25, 0.3) is 0 Å². The van der Waals surface area contributed by atoms with Crippen molar-refractivity contribution in [2.75, 3.05) is 25.2 Å². The van der Waals surface area contributed by atoms with Crippen molar-refractivity contribution in [3.8, 4) is 17.2 Å². The summed E-state index contributed by atoms with van der Waals surface area (Å²) in [5.41, 5.74) is 1.82. The predicted molar refractivity (Wildman–Crippen MR) is 85.1 cm³/mol. The minimum Gasteiger partial charge on any atom is -0.497 e. The van der Waals surface area contributed by atoms with Gasteiger partial charge in [-0.15, -0.1) is 0 Å². The molecule has 124 valence electrons. The van der Waals surface area contributed by atoms with Crippen LogP contribution in [0.2, 0.25) is 0 Å². The number of carbonyl (C=O) groups is 1. The molecule has 3 rings (SSSR count). The molecule has 0 fully saturated rings. The average molecular weight is 331 g/mol. The number of anilines is 1. The second-order valence-corrected chi connectivity index (χ2v) is 4.88. The van der Waals surface area contributed by atoms with Crippen molar-refractivity contribution in [2.45, 2.75) is 0 Å². The summed E-state index contributed by atoms with van der Waals surface area (Å²) < 4.78 is 23.2. The third-order valence-corrected chi connectivity index (χ3v) is 3.41. The molecule has 2 heterocycles. The molecular weight excluding hydrogens is 317 g/mol. The normalized spacial score (nSPS) is 10.8. The van der Waals surface area contributed by atoms with E-state index in [0.29, 0.717) is 28.3 Å². The van der Waals surface area contributed by atoms with Crippen LogP contribution in [0.3, 0.4) is 0 Å². The van der Waals surface area contributed by atoms with Gasteiger partial charge in [0.15, 0.2) is 5.58 Å². The molecule has 0 unspecified atom stereocenters. The molecule has 0 radical (unpaired) electrons. The van der Waals surface area contributed by atoms with E-state index in [2.05, 4.69) is 9.97 Å². The molecule has 24 heavy (non-hydrogen) atoms. The Morgan fingerprint density at radius 2 is 2.21 bits per heavy atom. The monoisotopic (exact) mass is 331 g/mol. The molecule has 0 aliphatic rings. The maximum Gasteiger partial charge on any atom is 0.413 e. The predicted octanol–water partition coefficient (Wildman–Crippen LogP) is 3.35. The van der Waals surface area contributed by atoms with Crippen LogP contribution in [0.25, 0.3) is 22.6 Å². The average Bonchev–Trinajstić information content (AvgIpc) is 3.02. The smallest absolute Gasteiger partial charge is 0.413 e. The number of ether oxygens (including phenoxy) is 1. The molecule has 1 amide bonds. The Bertz CT molecular complexity index is 863. The lowest BCUT2D eigenvalue weighted by Crippen LogP contribution is -2.31. The largest absolute Gasteiger partial charge is 0.497 e. The van der Waals surface area contributed by atoms with Crippen molar-refractivity contribution in [2.24, 2.45) is 0 Å². The highest BCUT2D eigenvalue weighted by molar-refractivity contribution is 5.85. The van der Waals surface area contributed by atoms with Crippen LogP contribution in [-0.2, 0) is 0 Å². The van der Waals surface area contributed by atoms with Crippen LogP contribution in [0.15, 0.2) is 40.9 Å². The van der Waals surface area contributed by atoms with Crippen LogP contribution in [0, 0.1) is 0 Å². The number of benzene rings is 1. The fraction of sp³-hybridized carbons (Fsp3) is 0.188. The lowest BCUT2D eigenvalue weighted by Gasteiger charge is -2.16. The van der Waals surface area contributed by atoms with Crippen molar-refractivity contribution in [3.05, 3.63) is 36.5 Å². The van der Waals surface area contributed by atoms with Crippen LogP contribution in [0.1, 0.15) is 0 Å². The highest BCUT2D eigenvalue weighted by Gasteiger charge is 2.16. The first-order chi connectivity index (χ1) is 11.6. The number of aromatic nitrogens is 2. The quantitative estimate of drug-likeness (QED) is 0.771. The number of halogens is 1. The van der Waals surface area contributed by atoms with E-state index in [9.17, 15) is 9.18 Å². The van der Waals surface area contributed by atoms with Gasteiger partial charge < -0.3 is 14.3 Å². The van der Waals surface area contributed by atoms with Crippen molar-refractivity contribution in [1.82, 2.24) is 9.97 Å². The maximum atomic E-state index is 12.4. The summed E-state index contributed by atoms with van der Waals surface area (Å²) in [6, 6.07) is 8.38. The van der Waals surface area contributed by atoms with Crippen molar-refractivity contribution in [3.63, 3.8) is 0 Å². The lowest BCUT2D eigenvalue weighted by molar-refractivity contribution is 0.201. The number of carboxylic acid groups (broad SMARTS) is 1. The Morgan fingerprint density at radius 3 is 2.83 bits per heavy atom. The minimum atomic E-state index is -1.26. The molecular formula is C16H14FN3O4. The molecule has 0 saturated carbocycles. The first-order valence-electron chi connectivity index (χ1n) is 7.10. The molecule has 2 aromatic heterocycles. The number of hydrogen-bond acceptors (Lipinski definition) is 5. The first-order valence-corrected chi connectivity index (χ1v) is 7.10. The molecule has 0 spiro atoms. The van der Waals surface area contributed by atoms with Crippen molar-refractivity contribution < 1.29 is 23.4 Å². The molecule has 0 aliphatic heterocycles. The topological polar surface area (TPSA) is 88.7 Å². The van der Waals surface area contributed by atoms with Gasteiger partial charge >= 0.3 is 6.09 Å². The molecule has 7 nitrogen and oxygen atoms in total. The maximum absolute atomic E-state index is 12.4. The molecule has 1 aromatic carbocycles. The van der Waals surface area contributed by atoms with Crippen LogP contribution >= 0.6 is 0 Å². The molecule has 0 bridgehead atoms. The Morgan fingerprint density at radius 1 is 1.38 bits per heavy atom. The number of amides is 1. The highest BCUT2D eigenvalue weighted by atomic mass is 19.1. The number of nitrogens with zero attached hydrogens (tertiary/aromatic N) is 3. The summed E-state index contributed by atoms with van der Waals surface area (Å²) in [6.45, 7) is -1.06. The van der Waals surface area contributed by atoms with E-state index in [1.807, 2.05) is 0 Å². The number of fused-ring (bicyclic) bond motifs is 1. The number of pyridine rings is 1. The van der Waals surface area contributed by atoms with Gasteiger partial charge in [-0.05, 0) is 24.3 Å². The van der Waals surface area contributed by atoms with Gasteiger partial charge in [0, 0.05) is 12.3 Å². The summed E-state index contributed by atoms with van der Waals surface area (Å²) >= 11 is 0. The number of rotatable bonds is 5. The van der Waals surface area contributed by atoms with E-state index in [-0.39, 0.29) is 12.4 Å². The summed E-state index contributed by atoms with van der Waals surface area (Å²) in [5.74, 6) is 1.15. The SMILES string of the molecule is COc1ccc2nc(-c3ccc(N(CCF)C(=O)O)nc3)oc2c1. The number of hydrogen-bond donors (Lipinski definition) is 1. The summed E-state index contributed by atoms with van der Waals surface area (Å²) in [5, 5.41) is 9.07. The highest BCUT2D eigenvalue weighted by Crippen LogP contribution is 2.27. The fourth-order valence-electron chi connectivity index (χ4n) is 2.22. The van der Waals surface area contributed by atoms with E-state index in [1.165, 1.54) is 12.3 Å². The van der Waals surface area contributed by atoms with E-state index >= 15 is 0 Å². The minimum absolute atomic E-state index is 0.140. The van der Waals surface area contributed by atoms with E-state index < -0.39 is 12.8 Å². The van der Waals surface area contributed by atoms with Crippen LogP contribution in [-0.4, -0.2) is 41.5 Å². The molecule has 1 N–H and O–H groups in total. The van der Waals surface area contributed by atoms with E-state index in [4.69, 9.17) is 14.3 Å². The van der Waals surface area contributed by atoms with Gasteiger partial charge in [0.1, 0.15) is 23.8 Å². The van der Waals surface area contributed by atoms with Gasteiger partial charge in [0.05, 0.1) is 19.2 Å². The number of alkyl halides is 1. The van der Waals surface area contributed by atoms with Crippen molar-refractivity contribution in [1.29, 1.82) is 0 Å². The Kier molecular flexibility index (Phi) is 4.28. The standard InChI is InChI=1S/C16H14FN3O4/c1-23-11-3-4-12-13(8-11)24-15(19-12)10-2-5-14(18-9-10)20(7-6-17)16(21)22/h2-5,8-9H,6-7H2,1H3,(H,21,22). The zero-order valence-electron chi connectivity index (χ0n) is 12.8. The Hall–Kier alpha value is -3.16. The summed E-state index contributed by atoms with van der Waals surface area (Å²) in [7, 11) is 1.56. The fourth-order valence-corrected chi connectivity index (χ4v) is 2.22. The molecule has 0 saturated heterocycles.